The second kappa shape index (κ2) is 6.87. The van der Waals surface area contributed by atoms with Crippen molar-refractivity contribution in [1.82, 2.24) is 9.55 Å². The number of anilines is 1. The monoisotopic (exact) mass is 360 g/mol. The molecular formula is C19H19F3N4. The van der Waals surface area contributed by atoms with Crippen molar-refractivity contribution in [2.75, 3.05) is 11.9 Å². The quantitative estimate of drug-likeness (QED) is 0.807. The number of aromatic nitrogens is 2. The van der Waals surface area contributed by atoms with E-state index in [9.17, 15) is 13.2 Å². The van der Waals surface area contributed by atoms with Crippen molar-refractivity contribution in [3.63, 3.8) is 0 Å². The average molecular weight is 360 g/mol. The number of rotatable bonds is 3. The molecule has 0 spiro atoms. The molecule has 0 bridgehead atoms. The summed E-state index contributed by atoms with van der Waals surface area (Å²) in [5, 5.41) is 8.96. The summed E-state index contributed by atoms with van der Waals surface area (Å²) < 4.78 is 41.7. The van der Waals surface area contributed by atoms with E-state index in [4.69, 9.17) is 5.26 Å². The van der Waals surface area contributed by atoms with Gasteiger partial charge >= 0.3 is 6.18 Å². The molecule has 3 rings (SSSR count). The number of hydrogen-bond acceptors (Lipinski definition) is 3. The summed E-state index contributed by atoms with van der Waals surface area (Å²) >= 11 is 0. The first-order valence-corrected chi connectivity index (χ1v) is 8.34. The van der Waals surface area contributed by atoms with Crippen LogP contribution >= 0.6 is 0 Å². The van der Waals surface area contributed by atoms with Crippen LogP contribution in [0.5, 0.6) is 0 Å². The van der Waals surface area contributed by atoms with Gasteiger partial charge in [-0.25, -0.2) is 4.98 Å². The Morgan fingerprint density at radius 3 is 2.73 bits per heavy atom. The number of halogens is 3. The van der Waals surface area contributed by atoms with E-state index < -0.39 is 11.7 Å². The Kier molecular flexibility index (Phi) is 4.77. The molecule has 1 aromatic heterocycles. The zero-order chi connectivity index (χ0) is 18.9. The standard InChI is InChI=1S/C19H19F3N4/c1-13-3-5-16(26-8-7-24-12-26)10-18(13)25(2)15-6-4-14(11-23)17(9-15)19(20,21)22/h4,6-10,12-13,18H,3,5H2,1-2H3. The van der Waals surface area contributed by atoms with E-state index in [2.05, 4.69) is 18.0 Å². The average Bonchev–Trinajstić information content (AvgIpc) is 3.15. The third kappa shape index (κ3) is 3.45. The van der Waals surface area contributed by atoms with Crippen LogP contribution < -0.4 is 4.90 Å². The molecule has 0 saturated carbocycles. The molecular weight excluding hydrogens is 341 g/mol. The first kappa shape index (κ1) is 18.1. The largest absolute Gasteiger partial charge is 0.417 e. The van der Waals surface area contributed by atoms with Gasteiger partial charge < -0.3 is 9.47 Å². The Labute approximate surface area is 150 Å². The van der Waals surface area contributed by atoms with Crippen molar-refractivity contribution in [2.24, 2.45) is 5.92 Å². The molecule has 2 aromatic rings. The van der Waals surface area contributed by atoms with Gasteiger partial charge in [0, 0.05) is 30.8 Å². The lowest BCUT2D eigenvalue weighted by Crippen LogP contribution is -2.38. The van der Waals surface area contributed by atoms with Crippen molar-refractivity contribution in [3.05, 3.63) is 54.1 Å². The van der Waals surface area contributed by atoms with Crippen LogP contribution in [-0.2, 0) is 6.18 Å². The molecule has 1 aliphatic rings. The van der Waals surface area contributed by atoms with Crippen molar-refractivity contribution in [1.29, 1.82) is 5.26 Å². The fourth-order valence-electron chi connectivity index (χ4n) is 3.38. The van der Waals surface area contributed by atoms with E-state index in [1.54, 1.807) is 31.7 Å². The van der Waals surface area contributed by atoms with Gasteiger partial charge in [0.1, 0.15) is 0 Å². The zero-order valence-corrected chi connectivity index (χ0v) is 14.5. The van der Waals surface area contributed by atoms with Gasteiger partial charge in [0.05, 0.1) is 29.6 Å². The molecule has 2 unspecified atom stereocenters. The van der Waals surface area contributed by atoms with Crippen LogP contribution in [0.4, 0.5) is 18.9 Å². The second-order valence-electron chi connectivity index (χ2n) is 6.58. The number of nitrogens with zero attached hydrogens (tertiary/aromatic N) is 4. The fourth-order valence-corrected chi connectivity index (χ4v) is 3.38. The van der Waals surface area contributed by atoms with Gasteiger partial charge in [-0.05, 0) is 43.0 Å². The van der Waals surface area contributed by atoms with Crippen LogP contribution in [0.25, 0.3) is 5.70 Å². The minimum atomic E-state index is -4.56. The smallest absolute Gasteiger partial charge is 0.368 e. The van der Waals surface area contributed by atoms with Gasteiger partial charge in [0.15, 0.2) is 0 Å². The SMILES string of the molecule is CC1CCC(n2ccnc2)=CC1N(C)c1ccc(C#N)c(C(F)(F)F)c1. The molecule has 0 radical (unpaired) electrons. The van der Waals surface area contributed by atoms with Crippen molar-refractivity contribution in [3.8, 4) is 6.07 Å². The predicted octanol–water partition coefficient (Wildman–Crippen LogP) is 4.55. The normalized spacial score (nSPS) is 20.4. The highest BCUT2D eigenvalue weighted by Crippen LogP contribution is 2.36. The maximum atomic E-state index is 13.3. The molecule has 26 heavy (non-hydrogen) atoms. The van der Waals surface area contributed by atoms with Crippen LogP contribution in [0.1, 0.15) is 30.9 Å². The number of allylic oxidation sites excluding steroid dienone is 1. The van der Waals surface area contributed by atoms with Crippen molar-refractivity contribution >= 4 is 11.4 Å². The van der Waals surface area contributed by atoms with Gasteiger partial charge in [0.25, 0.3) is 0 Å². The Morgan fingerprint density at radius 1 is 1.35 bits per heavy atom. The molecule has 136 valence electrons. The number of benzene rings is 1. The third-order valence-corrected chi connectivity index (χ3v) is 4.92. The number of likely N-dealkylation sites (N-methyl/N-ethyl adjacent to an activating group) is 1. The number of nitriles is 1. The van der Waals surface area contributed by atoms with Crippen LogP contribution in [0.2, 0.25) is 0 Å². The molecule has 0 amide bonds. The van der Waals surface area contributed by atoms with E-state index in [1.165, 1.54) is 6.07 Å². The van der Waals surface area contributed by atoms with Crippen LogP contribution in [0, 0.1) is 17.2 Å². The number of hydrogen-bond donors (Lipinski definition) is 0. The Hall–Kier alpha value is -2.75. The summed E-state index contributed by atoms with van der Waals surface area (Å²) in [6, 6.07) is 5.44. The lowest BCUT2D eigenvalue weighted by Gasteiger charge is -2.36. The summed E-state index contributed by atoms with van der Waals surface area (Å²) in [6.07, 6.45) is 4.64. The Morgan fingerprint density at radius 2 is 2.12 bits per heavy atom. The maximum absolute atomic E-state index is 13.3. The molecule has 4 nitrogen and oxygen atoms in total. The lowest BCUT2D eigenvalue weighted by molar-refractivity contribution is -0.137. The fraction of sp³-hybridized carbons (Fsp3) is 0.368. The molecule has 7 heteroatoms. The molecule has 1 aliphatic carbocycles. The number of imidazole rings is 1. The first-order valence-electron chi connectivity index (χ1n) is 8.34. The minimum Gasteiger partial charge on any atom is -0.368 e. The van der Waals surface area contributed by atoms with Gasteiger partial charge in [-0.15, -0.1) is 0 Å². The molecule has 1 heterocycles. The number of alkyl halides is 3. The lowest BCUT2D eigenvalue weighted by atomic mass is 9.88. The summed E-state index contributed by atoms with van der Waals surface area (Å²) in [4.78, 5) is 5.90. The van der Waals surface area contributed by atoms with Crippen LogP contribution in [0.3, 0.4) is 0 Å². The van der Waals surface area contributed by atoms with E-state index >= 15 is 0 Å². The van der Waals surface area contributed by atoms with Crippen LogP contribution in [0.15, 0.2) is 43.0 Å². The first-order chi connectivity index (χ1) is 12.3. The van der Waals surface area contributed by atoms with Gasteiger partial charge in [-0.2, -0.15) is 18.4 Å². The van der Waals surface area contributed by atoms with Gasteiger partial charge in [-0.3, -0.25) is 0 Å². The maximum Gasteiger partial charge on any atom is 0.417 e. The highest BCUT2D eigenvalue weighted by Gasteiger charge is 2.35. The second-order valence-corrected chi connectivity index (χ2v) is 6.58. The summed E-state index contributed by atoms with van der Waals surface area (Å²) in [7, 11) is 1.79. The van der Waals surface area contributed by atoms with E-state index in [0.717, 1.165) is 24.6 Å². The van der Waals surface area contributed by atoms with E-state index in [1.807, 2.05) is 15.7 Å². The summed E-state index contributed by atoms with van der Waals surface area (Å²) in [6.45, 7) is 2.09. The zero-order valence-electron chi connectivity index (χ0n) is 14.5. The molecule has 0 fully saturated rings. The van der Waals surface area contributed by atoms with Crippen LogP contribution in [-0.4, -0.2) is 22.6 Å². The highest BCUT2D eigenvalue weighted by atomic mass is 19.4. The van der Waals surface area contributed by atoms with Crippen molar-refractivity contribution < 1.29 is 13.2 Å². The Balaban J connectivity index is 1.96. The topological polar surface area (TPSA) is 44.9 Å². The van der Waals surface area contributed by atoms with Gasteiger partial charge in [-0.1, -0.05) is 6.92 Å². The molecule has 1 aromatic carbocycles. The molecule has 2 atom stereocenters. The molecule has 0 saturated heterocycles. The Bertz CT molecular complexity index is 847. The summed E-state index contributed by atoms with van der Waals surface area (Å²) in [5.41, 5.74) is 0.270. The molecule has 0 N–H and O–H groups in total. The van der Waals surface area contributed by atoms with Gasteiger partial charge in [0.2, 0.25) is 0 Å². The van der Waals surface area contributed by atoms with Crippen molar-refractivity contribution in [2.45, 2.75) is 32.0 Å². The predicted molar refractivity (Wildman–Crippen MR) is 93.2 cm³/mol. The van der Waals surface area contributed by atoms with E-state index in [0.29, 0.717) is 5.69 Å². The minimum absolute atomic E-state index is 0.0461. The third-order valence-electron chi connectivity index (χ3n) is 4.92. The van der Waals surface area contributed by atoms with E-state index in [-0.39, 0.29) is 17.5 Å². The summed E-state index contributed by atoms with van der Waals surface area (Å²) in [5.74, 6) is 0.289. The highest BCUT2D eigenvalue weighted by molar-refractivity contribution is 5.58. The molecule has 0 aliphatic heterocycles.